The van der Waals surface area contributed by atoms with Crippen LogP contribution in [0.15, 0.2) is 4.99 Å². The minimum atomic E-state index is -0.474. The van der Waals surface area contributed by atoms with Gasteiger partial charge in [0.25, 0.3) is 0 Å². The number of ether oxygens (including phenoxy) is 1. The quantitative estimate of drug-likeness (QED) is 0.544. The molecule has 4 nitrogen and oxygen atoms in total. The molecular weight excluding hydrogens is 204 g/mol. The summed E-state index contributed by atoms with van der Waals surface area (Å²) in [6.07, 6.45) is 2.14. The van der Waals surface area contributed by atoms with Gasteiger partial charge in [0, 0.05) is 12.6 Å². The van der Waals surface area contributed by atoms with Gasteiger partial charge in [0.15, 0.2) is 0 Å². The van der Waals surface area contributed by atoms with Crippen LogP contribution in [0.2, 0.25) is 0 Å². The van der Waals surface area contributed by atoms with Crippen LogP contribution in [-0.4, -0.2) is 24.3 Å². The van der Waals surface area contributed by atoms with Crippen molar-refractivity contribution in [3.8, 4) is 6.07 Å². The van der Waals surface area contributed by atoms with E-state index in [0.29, 0.717) is 6.42 Å². The third-order valence-corrected chi connectivity index (χ3v) is 1.67. The zero-order valence-electron chi connectivity index (χ0n) is 10.7. The van der Waals surface area contributed by atoms with Crippen molar-refractivity contribution in [3.63, 3.8) is 0 Å². The molecule has 0 heterocycles. The van der Waals surface area contributed by atoms with Crippen LogP contribution >= 0.6 is 0 Å². The predicted molar refractivity (Wildman–Crippen MR) is 63.2 cm³/mol. The number of carbonyl (C=O) groups excluding carboxylic acids is 1. The molecule has 0 spiro atoms. The monoisotopic (exact) mass is 224 g/mol. The highest BCUT2D eigenvalue weighted by atomic mass is 16.6. The fourth-order valence-electron chi connectivity index (χ4n) is 0.851. The van der Waals surface area contributed by atoms with Gasteiger partial charge in [-0.15, -0.1) is 0 Å². The average Bonchev–Trinajstić information content (AvgIpc) is 2.10. The highest BCUT2D eigenvalue weighted by Gasteiger charge is 2.16. The highest BCUT2D eigenvalue weighted by molar-refractivity contribution is 5.74. The number of hydrogen-bond acceptors (Lipinski definition) is 4. The highest BCUT2D eigenvalue weighted by Crippen LogP contribution is 2.16. The van der Waals surface area contributed by atoms with Crippen molar-refractivity contribution in [2.75, 3.05) is 6.54 Å². The molecule has 0 bridgehead atoms. The van der Waals surface area contributed by atoms with Crippen molar-refractivity contribution in [1.82, 2.24) is 0 Å². The SMILES string of the molecule is CC(C)(C#N)CC=NCC(=O)OC(C)(C)C. The standard InChI is InChI=1S/C12H20N2O2/c1-11(2,3)16-10(15)8-14-7-6-12(4,5)9-13/h7H,6,8H2,1-5H3. The van der Waals surface area contributed by atoms with Crippen molar-refractivity contribution >= 4 is 12.2 Å². The molecule has 0 amide bonds. The normalized spacial score (nSPS) is 12.5. The van der Waals surface area contributed by atoms with E-state index in [1.165, 1.54) is 0 Å². The minimum absolute atomic E-state index is 0.0127. The van der Waals surface area contributed by atoms with Gasteiger partial charge in [-0.1, -0.05) is 0 Å². The van der Waals surface area contributed by atoms with Crippen molar-refractivity contribution in [1.29, 1.82) is 5.26 Å². The largest absolute Gasteiger partial charge is 0.459 e. The van der Waals surface area contributed by atoms with E-state index in [9.17, 15) is 4.79 Å². The zero-order valence-corrected chi connectivity index (χ0v) is 10.7. The van der Waals surface area contributed by atoms with Crippen LogP contribution in [-0.2, 0) is 9.53 Å². The van der Waals surface area contributed by atoms with Crippen LogP contribution in [0.4, 0.5) is 0 Å². The number of nitriles is 1. The minimum Gasteiger partial charge on any atom is -0.459 e. The molecule has 0 N–H and O–H groups in total. The maximum absolute atomic E-state index is 11.3. The first-order valence-electron chi connectivity index (χ1n) is 5.28. The molecule has 0 unspecified atom stereocenters. The van der Waals surface area contributed by atoms with Crippen molar-refractivity contribution in [2.45, 2.75) is 46.6 Å². The summed E-state index contributed by atoms with van der Waals surface area (Å²) in [7, 11) is 0. The molecule has 4 heteroatoms. The van der Waals surface area contributed by atoms with Gasteiger partial charge in [-0.05, 0) is 34.6 Å². The number of rotatable bonds is 4. The molecule has 0 atom stereocenters. The average molecular weight is 224 g/mol. The molecule has 0 rings (SSSR count). The summed E-state index contributed by atoms with van der Waals surface area (Å²) >= 11 is 0. The molecule has 16 heavy (non-hydrogen) atoms. The van der Waals surface area contributed by atoms with Gasteiger partial charge in [-0.2, -0.15) is 5.26 Å². The van der Waals surface area contributed by atoms with Gasteiger partial charge in [0.05, 0.1) is 11.5 Å². The summed E-state index contributed by atoms with van der Waals surface area (Å²) in [6, 6.07) is 2.16. The Kier molecular flexibility index (Phi) is 5.16. The summed E-state index contributed by atoms with van der Waals surface area (Å²) < 4.78 is 5.08. The second-order valence-corrected chi connectivity index (χ2v) is 5.31. The Balaban J connectivity index is 3.95. The second-order valence-electron chi connectivity index (χ2n) is 5.31. The molecule has 0 aromatic carbocycles. The Morgan fingerprint density at radius 2 is 1.94 bits per heavy atom. The van der Waals surface area contributed by atoms with Crippen LogP contribution in [0.3, 0.4) is 0 Å². The van der Waals surface area contributed by atoms with Crippen molar-refractivity contribution in [2.24, 2.45) is 10.4 Å². The number of nitrogens with zero attached hydrogens (tertiary/aromatic N) is 2. The number of carbonyl (C=O) groups is 1. The fourth-order valence-corrected chi connectivity index (χ4v) is 0.851. The van der Waals surface area contributed by atoms with E-state index in [2.05, 4.69) is 11.1 Å². The Morgan fingerprint density at radius 3 is 2.38 bits per heavy atom. The third-order valence-electron chi connectivity index (χ3n) is 1.67. The van der Waals surface area contributed by atoms with E-state index in [1.54, 1.807) is 6.21 Å². The molecule has 0 saturated carbocycles. The first kappa shape index (κ1) is 14.6. The summed E-state index contributed by atoms with van der Waals surface area (Å²) in [4.78, 5) is 15.2. The zero-order chi connectivity index (χ0) is 12.8. The van der Waals surface area contributed by atoms with E-state index in [1.807, 2.05) is 34.6 Å². The van der Waals surface area contributed by atoms with Crippen LogP contribution < -0.4 is 0 Å². The summed E-state index contributed by atoms with van der Waals surface area (Å²) in [5.41, 5.74) is -0.907. The lowest BCUT2D eigenvalue weighted by Gasteiger charge is -2.18. The number of aliphatic imine (C=N–C) groups is 1. The van der Waals surface area contributed by atoms with Crippen molar-refractivity contribution < 1.29 is 9.53 Å². The van der Waals surface area contributed by atoms with Gasteiger partial charge >= 0.3 is 5.97 Å². The van der Waals surface area contributed by atoms with Gasteiger partial charge in [-0.25, -0.2) is 0 Å². The smallest absolute Gasteiger partial charge is 0.328 e. The molecular formula is C12H20N2O2. The topological polar surface area (TPSA) is 62.5 Å². The molecule has 0 aliphatic heterocycles. The van der Waals surface area contributed by atoms with Gasteiger partial charge < -0.3 is 4.74 Å². The van der Waals surface area contributed by atoms with Gasteiger partial charge in [-0.3, -0.25) is 9.79 Å². The van der Waals surface area contributed by atoms with Gasteiger partial charge in [0.1, 0.15) is 12.1 Å². The number of hydrogen-bond donors (Lipinski definition) is 0. The van der Waals surface area contributed by atoms with Crippen LogP contribution in [0.1, 0.15) is 41.0 Å². The maximum atomic E-state index is 11.3. The summed E-state index contributed by atoms with van der Waals surface area (Å²) in [6.45, 7) is 9.10. The van der Waals surface area contributed by atoms with Crippen LogP contribution in [0, 0.1) is 16.7 Å². The Morgan fingerprint density at radius 1 is 1.38 bits per heavy atom. The Bertz CT molecular complexity index is 306. The Hall–Kier alpha value is -1.37. The Labute approximate surface area is 97.3 Å². The molecule has 0 radical (unpaired) electrons. The molecule has 0 saturated heterocycles. The van der Waals surface area contributed by atoms with E-state index in [-0.39, 0.29) is 12.5 Å². The molecule has 0 aromatic heterocycles. The lowest BCUT2D eigenvalue weighted by molar-refractivity contribution is -0.152. The number of esters is 1. The van der Waals surface area contributed by atoms with Crippen LogP contribution in [0.25, 0.3) is 0 Å². The molecule has 0 aliphatic carbocycles. The van der Waals surface area contributed by atoms with E-state index >= 15 is 0 Å². The van der Waals surface area contributed by atoms with Crippen LogP contribution in [0.5, 0.6) is 0 Å². The maximum Gasteiger partial charge on any atom is 0.328 e. The second kappa shape index (κ2) is 5.64. The first-order valence-corrected chi connectivity index (χ1v) is 5.28. The lowest BCUT2D eigenvalue weighted by atomic mass is 9.92. The van der Waals surface area contributed by atoms with E-state index in [0.717, 1.165) is 0 Å². The fraction of sp³-hybridized carbons (Fsp3) is 0.750. The molecule has 90 valence electrons. The lowest BCUT2D eigenvalue weighted by Crippen LogP contribution is -2.25. The molecule has 0 aromatic rings. The van der Waals surface area contributed by atoms with Gasteiger partial charge in [0.2, 0.25) is 0 Å². The molecule has 0 fully saturated rings. The van der Waals surface area contributed by atoms with E-state index < -0.39 is 11.0 Å². The van der Waals surface area contributed by atoms with Crippen molar-refractivity contribution in [3.05, 3.63) is 0 Å². The van der Waals surface area contributed by atoms with E-state index in [4.69, 9.17) is 10.00 Å². The third kappa shape index (κ3) is 7.98. The summed E-state index contributed by atoms with van der Waals surface area (Å²) in [5.74, 6) is -0.349. The molecule has 0 aliphatic rings. The predicted octanol–water partition coefficient (Wildman–Crippen LogP) is 2.34. The first-order chi connectivity index (χ1) is 7.16. The summed E-state index contributed by atoms with van der Waals surface area (Å²) in [5, 5.41) is 8.75.